The number of ether oxygens (including phenoxy) is 1. The molecule has 4 rings (SSSR count). The van der Waals surface area contributed by atoms with Gasteiger partial charge in [0.15, 0.2) is 0 Å². The molecular weight excluding hydrogens is 402 g/mol. The number of para-hydroxylation sites is 3. The minimum absolute atomic E-state index is 0.000792. The molecule has 1 aliphatic rings. The normalized spacial score (nSPS) is 17.9. The second kappa shape index (κ2) is 8.58. The van der Waals surface area contributed by atoms with Gasteiger partial charge in [-0.1, -0.05) is 30.3 Å². The number of carbonyl (C=O) groups excluding carboxylic acids is 1. The zero-order valence-electron chi connectivity index (χ0n) is 19.6. The van der Waals surface area contributed by atoms with Gasteiger partial charge in [0, 0.05) is 24.4 Å². The third kappa shape index (κ3) is 4.37. The van der Waals surface area contributed by atoms with E-state index < -0.39 is 6.10 Å². The molecule has 1 saturated heterocycles. The number of aromatic nitrogens is 2. The summed E-state index contributed by atoms with van der Waals surface area (Å²) in [6.45, 7) is 11.4. The van der Waals surface area contributed by atoms with Gasteiger partial charge in [0.1, 0.15) is 24.3 Å². The number of rotatable bonds is 6. The quantitative estimate of drug-likeness (QED) is 0.630. The topological polar surface area (TPSA) is 67.6 Å². The molecule has 170 valence electrons. The van der Waals surface area contributed by atoms with Gasteiger partial charge in [-0.05, 0) is 57.9 Å². The average Bonchev–Trinajstić information content (AvgIpc) is 3.28. The number of aryl methyl sites for hydroxylation is 2. The van der Waals surface area contributed by atoms with Crippen molar-refractivity contribution in [2.75, 3.05) is 13.2 Å². The van der Waals surface area contributed by atoms with Crippen LogP contribution in [0.4, 0.5) is 0 Å². The molecular formula is C26H33N3O3. The Balaban J connectivity index is 1.58. The molecule has 0 radical (unpaired) electrons. The first kappa shape index (κ1) is 22.3. The van der Waals surface area contributed by atoms with Crippen LogP contribution in [0.1, 0.15) is 50.1 Å². The minimum Gasteiger partial charge on any atom is -0.490 e. The molecule has 1 amide bonds. The summed E-state index contributed by atoms with van der Waals surface area (Å²) in [6.07, 6.45) is -0.267. The molecule has 2 heterocycles. The first-order chi connectivity index (χ1) is 15.1. The lowest BCUT2D eigenvalue weighted by Gasteiger charge is -2.32. The summed E-state index contributed by atoms with van der Waals surface area (Å²) in [5, 5.41) is 10.9. The van der Waals surface area contributed by atoms with Crippen LogP contribution in [0.15, 0.2) is 42.5 Å². The van der Waals surface area contributed by atoms with E-state index in [0.717, 1.165) is 33.7 Å². The van der Waals surface area contributed by atoms with Crippen LogP contribution in [0, 0.1) is 13.8 Å². The molecule has 3 aromatic rings. The number of aliphatic hydroxyl groups excluding tert-OH is 1. The van der Waals surface area contributed by atoms with E-state index >= 15 is 0 Å². The van der Waals surface area contributed by atoms with Gasteiger partial charge in [0.05, 0.1) is 17.6 Å². The number of aliphatic hydroxyl groups is 1. The molecule has 1 N–H and O–H groups in total. The standard InChI is InChI=1S/C26H33N3O3/c1-17-9-8-10-18(2)24(17)32-16-20(30)15-28-22-12-7-6-11-21(22)27-25(28)19-13-23(31)29(14-19)26(3,4)5/h6-12,19-20,30H,13-16H2,1-5H3/t19-,20-/m1/s1. The Morgan fingerprint density at radius 3 is 2.47 bits per heavy atom. The van der Waals surface area contributed by atoms with Crippen molar-refractivity contribution in [2.45, 2.75) is 65.1 Å². The fourth-order valence-corrected chi connectivity index (χ4v) is 4.60. The number of fused-ring (bicyclic) bond motifs is 1. The van der Waals surface area contributed by atoms with Crippen molar-refractivity contribution in [3.8, 4) is 5.75 Å². The number of imidazole rings is 1. The van der Waals surface area contributed by atoms with Crippen molar-refractivity contribution in [1.82, 2.24) is 14.5 Å². The monoisotopic (exact) mass is 435 g/mol. The Hall–Kier alpha value is -2.86. The van der Waals surface area contributed by atoms with E-state index in [1.165, 1.54) is 0 Å². The van der Waals surface area contributed by atoms with Crippen molar-refractivity contribution in [1.29, 1.82) is 0 Å². The van der Waals surface area contributed by atoms with Gasteiger partial charge in [0.2, 0.25) is 5.91 Å². The number of hydrogen-bond acceptors (Lipinski definition) is 4. The summed E-state index contributed by atoms with van der Waals surface area (Å²) in [5.41, 5.74) is 3.74. The van der Waals surface area contributed by atoms with Gasteiger partial charge in [0.25, 0.3) is 0 Å². The summed E-state index contributed by atoms with van der Waals surface area (Å²) < 4.78 is 8.06. The maximum atomic E-state index is 12.7. The molecule has 2 aromatic carbocycles. The van der Waals surface area contributed by atoms with E-state index in [9.17, 15) is 9.90 Å². The summed E-state index contributed by atoms with van der Waals surface area (Å²) in [4.78, 5) is 19.5. The lowest BCUT2D eigenvalue weighted by Crippen LogP contribution is -2.42. The zero-order valence-corrected chi connectivity index (χ0v) is 19.6. The Morgan fingerprint density at radius 2 is 1.81 bits per heavy atom. The molecule has 6 nitrogen and oxygen atoms in total. The Kier molecular flexibility index (Phi) is 5.99. The maximum Gasteiger partial charge on any atom is 0.223 e. The van der Waals surface area contributed by atoms with Crippen LogP contribution in [0.3, 0.4) is 0 Å². The summed E-state index contributed by atoms with van der Waals surface area (Å²) in [5.74, 6) is 1.84. The van der Waals surface area contributed by atoms with Crippen LogP contribution in [0.25, 0.3) is 11.0 Å². The van der Waals surface area contributed by atoms with E-state index in [0.29, 0.717) is 19.5 Å². The second-order valence-electron chi connectivity index (χ2n) is 9.83. The zero-order chi connectivity index (χ0) is 23.0. The van der Waals surface area contributed by atoms with E-state index in [-0.39, 0.29) is 24.0 Å². The number of benzene rings is 2. The van der Waals surface area contributed by atoms with Gasteiger partial charge in [-0.25, -0.2) is 4.98 Å². The van der Waals surface area contributed by atoms with Gasteiger partial charge < -0.3 is 19.3 Å². The molecule has 0 aliphatic carbocycles. The lowest BCUT2D eigenvalue weighted by atomic mass is 10.1. The third-order valence-corrected chi connectivity index (χ3v) is 6.21. The van der Waals surface area contributed by atoms with Crippen molar-refractivity contribution in [3.05, 3.63) is 59.4 Å². The highest BCUT2D eigenvalue weighted by Crippen LogP contribution is 2.34. The molecule has 0 spiro atoms. The molecule has 2 atom stereocenters. The fourth-order valence-electron chi connectivity index (χ4n) is 4.60. The molecule has 1 aliphatic heterocycles. The molecule has 0 saturated carbocycles. The predicted molar refractivity (Wildman–Crippen MR) is 126 cm³/mol. The number of amides is 1. The number of hydrogen-bond donors (Lipinski definition) is 1. The molecule has 32 heavy (non-hydrogen) atoms. The van der Waals surface area contributed by atoms with Crippen LogP contribution in [-0.4, -0.2) is 50.3 Å². The minimum atomic E-state index is -0.707. The van der Waals surface area contributed by atoms with E-state index in [2.05, 4.69) is 25.3 Å². The van der Waals surface area contributed by atoms with Crippen LogP contribution < -0.4 is 4.74 Å². The highest BCUT2D eigenvalue weighted by atomic mass is 16.5. The van der Waals surface area contributed by atoms with E-state index in [1.54, 1.807) is 0 Å². The molecule has 1 aromatic heterocycles. The third-order valence-electron chi connectivity index (χ3n) is 6.21. The Bertz CT molecular complexity index is 1110. The van der Waals surface area contributed by atoms with Crippen LogP contribution in [0.2, 0.25) is 0 Å². The van der Waals surface area contributed by atoms with Crippen LogP contribution >= 0.6 is 0 Å². The van der Waals surface area contributed by atoms with Gasteiger partial charge >= 0.3 is 0 Å². The van der Waals surface area contributed by atoms with Gasteiger partial charge in [-0.3, -0.25) is 4.79 Å². The molecule has 6 heteroatoms. The van der Waals surface area contributed by atoms with Gasteiger partial charge in [-0.2, -0.15) is 0 Å². The largest absolute Gasteiger partial charge is 0.490 e. The first-order valence-corrected chi connectivity index (χ1v) is 11.3. The lowest BCUT2D eigenvalue weighted by molar-refractivity contribution is -0.131. The van der Waals surface area contributed by atoms with Gasteiger partial charge in [-0.15, -0.1) is 0 Å². The summed E-state index contributed by atoms with van der Waals surface area (Å²) in [6, 6.07) is 14.0. The second-order valence-corrected chi connectivity index (χ2v) is 9.83. The molecule has 1 fully saturated rings. The SMILES string of the molecule is Cc1cccc(C)c1OC[C@H](O)Cn1c([C@@H]2CC(=O)N(C(C)(C)C)C2)nc2ccccc21. The fraction of sp³-hybridized carbons (Fsp3) is 0.462. The Labute approximate surface area is 189 Å². The first-order valence-electron chi connectivity index (χ1n) is 11.3. The summed E-state index contributed by atoms with van der Waals surface area (Å²) >= 11 is 0. The van der Waals surface area contributed by atoms with Crippen molar-refractivity contribution < 1.29 is 14.6 Å². The molecule has 0 bridgehead atoms. The highest BCUT2D eigenvalue weighted by Gasteiger charge is 2.39. The number of nitrogens with zero attached hydrogens (tertiary/aromatic N) is 3. The van der Waals surface area contributed by atoms with Crippen molar-refractivity contribution in [2.24, 2.45) is 0 Å². The highest BCUT2D eigenvalue weighted by molar-refractivity contribution is 5.81. The Morgan fingerprint density at radius 1 is 1.12 bits per heavy atom. The number of carbonyl (C=O) groups is 1. The molecule has 0 unspecified atom stereocenters. The summed E-state index contributed by atoms with van der Waals surface area (Å²) in [7, 11) is 0. The van der Waals surface area contributed by atoms with Crippen molar-refractivity contribution >= 4 is 16.9 Å². The smallest absolute Gasteiger partial charge is 0.223 e. The van der Waals surface area contributed by atoms with E-state index in [1.807, 2.05) is 61.2 Å². The van der Waals surface area contributed by atoms with E-state index in [4.69, 9.17) is 9.72 Å². The van der Waals surface area contributed by atoms with Crippen molar-refractivity contribution in [3.63, 3.8) is 0 Å². The van der Waals surface area contributed by atoms with Crippen LogP contribution in [0.5, 0.6) is 5.75 Å². The average molecular weight is 436 g/mol. The maximum absolute atomic E-state index is 12.7. The number of likely N-dealkylation sites (tertiary alicyclic amines) is 1. The predicted octanol–water partition coefficient (Wildman–Crippen LogP) is 4.21. The van der Waals surface area contributed by atoms with Crippen LogP contribution in [-0.2, 0) is 11.3 Å².